The summed E-state index contributed by atoms with van der Waals surface area (Å²) >= 11 is 11.6. The van der Waals surface area contributed by atoms with Gasteiger partial charge in [0.2, 0.25) is 0 Å². The zero-order valence-electron chi connectivity index (χ0n) is 9.84. The van der Waals surface area contributed by atoms with E-state index in [-0.39, 0.29) is 27.1 Å². The van der Waals surface area contributed by atoms with Crippen molar-refractivity contribution in [3.63, 3.8) is 0 Å². The van der Waals surface area contributed by atoms with Gasteiger partial charge in [-0.05, 0) is 18.2 Å². The Morgan fingerprint density at radius 3 is 2.70 bits per heavy atom. The second-order valence-corrected chi connectivity index (χ2v) is 4.59. The number of nitrogens with one attached hydrogen (secondary N) is 1. The average molecular weight is 312 g/mol. The SMILES string of the molecule is O=C(Nc1ncccc1Cl)c1cc(Cl)cc([N+](=O)[O-])c1. The summed E-state index contributed by atoms with van der Waals surface area (Å²) in [6, 6.07) is 6.78. The molecule has 6 nitrogen and oxygen atoms in total. The minimum atomic E-state index is -0.629. The molecule has 0 aliphatic heterocycles. The van der Waals surface area contributed by atoms with Crippen molar-refractivity contribution in [2.45, 2.75) is 0 Å². The summed E-state index contributed by atoms with van der Waals surface area (Å²) in [6.45, 7) is 0. The van der Waals surface area contributed by atoms with E-state index in [1.807, 2.05) is 0 Å². The van der Waals surface area contributed by atoms with Gasteiger partial charge in [0.15, 0.2) is 5.82 Å². The Kier molecular flexibility index (Phi) is 4.16. The number of pyridine rings is 1. The van der Waals surface area contributed by atoms with Crippen LogP contribution in [0.5, 0.6) is 0 Å². The first-order chi connectivity index (χ1) is 9.47. The van der Waals surface area contributed by atoms with Gasteiger partial charge in [-0.3, -0.25) is 14.9 Å². The number of anilines is 1. The van der Waals surface area contributed by atoms with Gasteiger partial charge < -0.3 is 5.32 Å². The third kappa shape index (κ3) is 3.23. The molecule has 1 aromatic carbocycles. The molecular formula is C12H7Cl2N3O3. The van der Waals surface area contributed by atoms with Gasteiger partial charge in [-0.1, -0.05) is 23.2 Å². The molecule has 0 fully saturated rings. The van der Waals surface area contributed by atoms with Gasteiger partial charge in [-0.2, -0.15) is 0 Å². The molecule has 1 N–H and O–H groups in total. The lowest BCUT2D eigenvalue weighted by Gasteiger charge is -2.06. The molecule has 0 unspecified atom stereocenters. The van der Waals surface area contributed by atoms with Crippen molar-refractivity contribution in [2.24, 2.45) is 0 Å². The Morgan fingerprint density at radius 2 is 2.05 bits per heavy atom. The van der Waals surface area contributed by atoms with Gasteiger partial charge in [0.25, 0.3) is 11.6 Å². The van der Waals surface area contributed by atoms with Crippen LogP contribution >= 0.6 is 23.2 Å². The molecule has 0 aliphatic rings. The van der Waals surface area contributed by atoms with E-state index >= 15 is 0 Å². The monoisotopic (exact) mass is 311 g/mol. The lowest BCUT2D eigenvalue weighted by molar-refractivity contribution is -0.384. The Morgan fingerprint density at radius 1 is 1.30 bits per heavy atom. The van der Waals surface area contributed by atoms with Gasteiger partial charge in [0.1, 0.15) is 0 Å². The van der Waals surface area contributed by atoms with Crippen molar-refractivity contribution in [1.29, 1.82) is 0 Å². The van der Waals surface area contributed by atoms with Crippen LogP contribution in [0, 0.1) is 10.1 Å². The van der Waals surface area contributed by atoms with Crippen LogP contribution in [-0.4, -0.2) is 15.8 Å². The summed E-state index contributed by atoms with van der Waals surface area (Å²) in [7, 11) is 0. The van der Waals surface area contributed by atoms with Crippen molar-refractivity contribution in [1.82, 2.24) is 4.98 Å². The smallest absolute Gasteiger partial charge is 0.271 e. The van der Waals surface area contributed by atoms with Crippen LogP contribution in [0.1, 0.15) is 10.4 Å². The molecule has 1 amide bonds. The molecule has 0 radical (unpaired) electrons. The second-order valence-electron chi connectivity index (χ2n) is 3.74. The lowest BCUT2D eigenvalue weighted by atomic mass is 10.2. The molecule has 0 bridgehead atoms. The van der Waals surface area contributed by atoms with Crippen LogP contribution in [0.25, 0.3) is 0 Å². The number of nitrogens with zero attached hydrogens (tertiary/aromatic N) is 2. The molecule has 1 aromatic heterocycles. The predicted molar refractivity (Wildman–Crippen MR) is 75.3 cm³/mol. The molecule has 8 heteroatoms. The van der Waals surface area contributed by atoms with Crippen molar-refractivity contribution in [3.05, 3.63) is 62.3 Å². The lowest BCUT2D eigenvalue weighted by Crippen LogP contribution is -2.13. The molecular weight excluding hydrogens is 305 g/mol. The maximum absolute atomic E-state index is 12.0. The summed E-state index contributed by atoms with van der Waals surface area (Å²) < 4.78 is 0. The van der Waals surface area contributed by atoms with Crippen molar-refractivity contribution in [3.8, 4) is 0 Å². The summed E-state index contributed by atoms with van der Waals surface area (Å²) in [5.74, 6) is -0.419. The average Bonchev–Trinajstić information content (AvgIpc) is 2.40. The maximum atomic E-state index is 12.0. The highest BCUT2D eigenvalue weighted by Gasteiger charge is 2.15. The van der Waals surface area contributed by atoms with E-state index < -0.39 is 10.8 Å². The number of carbonyl (C=O) groups excluding carboxylic acids is 1. The summed E-state index contributed by atoms with van der Waals surface area (Å²) in [5.41, 5.74) is -0.222. The fourth-order valence-electron chi connectivity index (χ4n) is 1.47. The molecule has 2 aromatic rings. The van der Waals surface area contributed by atoms with E-state index in [0.717, 1.165) is 12.1 Å². The van der Waals surface area contributed by atoms with Gasteiger partial charge in [-0.15, -0.1) is 0 Å². The first-order valence-electron chi connectivity index (χ1n) is 5.34. The number of hydrogen-bond acceptors (Lipinski definition) is 4. The fraction of sp³-hybridized carbons (Fsp3) is 0. The molecule has 2 rings (SSSR count). The van der Waals surface area contributed by atoms with Crippen LogP contribution in [0.2, 0.25) is 10.0 Å². The molecule has 102 valence electrons. The quantitative estimate of drug-likeness (QED) is 0.693. The van der Waals surface area contributed by atoms with Crippen molar-refractivity contribution in [2.75, 3.05) is 5.32 Å². The van der Waals surface area contributed by atoms with E-state index in [4.69, 9.17) is 23.2 Å². The highest BCUT2D eigenvalue weighted by atomic mass is 35.5. The van der Waals surface area contributed by atoms with Gasteiger partial charge in [0.05, 0.1) is 9.95 Å². The van der Waals surface area contributed by atoms with Crippen molar-refractivity contribution >= 4 is 40.6 Å². The van der Waals surface area contributed by atoms with E-state index in [9.17, 15) is 14.9 Å². The number of aromatic nitrogens is 1. The zero-order chi connectivity index (χ0) is 14.7. The molecule has 1 heterocycles. The highest BCUT2D eigenvalue weighted by Crippen LogP contribution is 2.23. The maximum Gasteiger partial charge on any atom is 0.271 e. The Balaban J connectivity index is 2.30. The number of hydrogen-bond donors (Lipinski definition) is 1. The van der Waals surface area contributed by atoms with Crippen LogP contribution in [0.3, 0.4) is 0 Å². The Bertz CT molecular complexity index is 691. The molecule has 0 atom stereocenters. The number of nitro benzene ring substituents is 1. The number of benzene rings is 1. The number of rotatable bonds is 3. The van der Waals surface area contributed by atoms with Gasteiger partial charge >= 0.3 is 0 Å². The standard InChI is InChI=1S/C12H7Cl2N3O3/c13-8-4-7(5-9(6-8)17(19)20)12(18)16-11-10(14)2-1-3-15-11/h1-6H,(H,15,16,18). The second kappa shape index (κ2) is 5.85. The largest absolute Gasteiger partial charge is 0.305 e. The Hall–Kier alpha value is -2.18. The van der Waals surface area contributed by atoms with E-state index in [1.165, 1.54) is 12.3 Å². The van der Waals surface area contributed by atoms with Crippen LogP contribution in [0.15, 0.2) is 36.5 Å². The number of halogens is 2. The number of carbonyl (C=O) groups is 1. The Labute approximate surface area is 123 Å². The van der Waals surface area contributed by atoms with Crippen LogP contribution in [-0.2, 0) is 0 Å². The van der Waals surface area contributed by atoms with Crippen LogP contribution < -0.4 is 5.32 Å². The first-order valence-corrected chi connectivity index (χ1v) is 6.10. The number of nitro groups is 1. The number of non-ortho nitro benzene ring substituents is 1. The normalized spacial score (nSPS) is 10.1. The third-order valence-corrected chi connectivity index (χ3v) is 2.87. The highest BCUT2D eigenvalue weighted by molar-refractivity contribution is 6.33. The van der Waals surface area contributed by atoms with E-state index in [1.54, 1.807) is 12.1 Å². The zero-order valence-corrected chi connectivity index (χ0v) is 11.4. The van der Waals surface area contributed by atoms with E-state index in [0.29, 0.717) is 0 Å². The minimum absolute atomic E-state index is 0.0471. The molecule has 20 heavy (non-hydrogen) atoms. The summed E-state index contributed by atoms with van der Waals surface area (Å²) in [4.78, 5) is 26.0. The summed E-state index contributed by atoms with van der Waals surface area (Å²) in [5, 5.41) is 13.5. The molecule has 0 aliphatic carbocycles. The molecule has 0 spiro atoms. The minimum Gasteiger partial charge on any atom is -0.305 e. The fourth-order valence-corrected chi connectivity index (χ4v) is 1.87. The van der Waals surface area contributed by atoms with E-state index in [2.05, 4.69) is 10.3 Å². The first kappa shape index (κ1) is 14.2. The van der Waals surface area contributed by atoms with Crippen molar-refractivity contribution < 1.29 is 9.72 Å². The third-order valence-electron chi connectivity index (χ3n) is 2.35. The number of amides is 1. The molecule has 0 saturated heterocycles. The van der Waals surface area contributed by atoms with Gasteiger partial charge in [0, 0.05) is 28.9 Å². The predicted octanol–water partition coefficient (Wildman–Crippen LogP) is 3.55. The summed E-state index contributed by atoms with van der Waals surface area (Å²) in [6.07, 6.45) is 1.46. The molecule has 0 saturated carbocycles. The topological polar surface area (TPSA) is 85.1 Å². The van der Waals surface area contributed by atoms with Gasteiger partial charge in [-0.25, -0.2) is 4.98 Å². The van der Waals surface area contributed by atoms with Crippen LogP contribution in [0.4, 0.5) is 11.5 Å².